The van der Waals surface area contributed by atoms with Crippen LogP contribution in [0.2, 0.25) is 0 Å². The van der Waals surface area contributed by atoms with Gasteiger partial charge >= 0.3 is 12.1 Å². The zero-order valence-corrected chi connectivity index (χ0v) is 11.1. The number of amides is 1. The van der Waals surface area contributed by atoms with Gasteiger partial charge in [-0.15, -0.1) is 0 Å². The summed E-state index contributed by atoms with van der Waals surface area (Å²) >= 11 is 0. The molecule has 1 saturated heterocycles. The summed E-state index contributed by atoms with van der Waals surface area (Å²) in [5.41, 5.74) is -1.43. The molecule has 0 aliphatic carbocycles. The monoisotopic (exact) mass is 301 g/mol. The van der Waals surface area contributed by atoms with Gasteiger partial charge < -0.3 is 10.0 Å². The molecule has 0 spiro atoms. The molecule has 1 N–H and O–H groups in total. The van der Waals surface area contributed by atoms with E-state index in [0.717, 1.165) is 12.1 Å². The van der Waals surface area contributed by atoms with Gasteiger partial charge in [-0.1, -0.05) is 12.1 Å². The molecular weight excluding hydrogens is 287 g/mol. The van der Waals surface area contributed by atoms with Crippen LogP contribution in [0.4, 0.5) is 13.2 Å². The summed E-state index contributed by atoms with van der Waals surface area (Å²) in [7, 11) is 0. The van der Waals surface area contributed by atoms with E-state index in [-0.39, 0.29) is 13.1 Å². The molecule has 1 aromatic carbocycles. The molecule has 0 saturated carbocycles. The Balaban J connectivity index is 2.26. The van der Waals surface area contributed by atoms with Crippen LogP contribution in [0.1, 0.15) is 28.8 Å². The topological polar surface area (TPSA) is 57.6 Å². The number of likely N-dealkylation sites (tertiary alicyclic amines) is 1. The first kappa shape index (κ1) is 15.3. The number of carboxylic acid groups (broad SMARTS) is 1. The van der Waals surface area contributed by atoms with E-state index < -0.39 is 35.1 Å². The molecular formula is C14H14F3NO3. The fourth-order valence-corrected chi connectivity index (χ4v) is 2.45. The summed E-state index contributed by atoms with van der Waals surface area (Å²) in [5, 5.41) is 8.97. The molecule has 1 atom stereocenters. The van der Waals surface area contributed by atoms with Crippen molar-refractivity contribution in [1.29, 1.82) is 0 Å². The summed E-state index contributed by atoms with van der Waals surface area (Å²) in [6.07, 6.45) is -3.72. The van der Waals surface area contributed by atoms with Crippen LogP contribution in [0.5, 0.6) is 0 Å². The molecule has 1 aromatic rings. The van der Waals surface area contributed by atoms with E-state index in [1.54, 1.807) is 0 Å². The molecule has 1 aliphatic rings. The minimum atomic E-state index is -4.62. The highest BCUT2D eigenvalue weighted by Gasteiger charge is 2.37. The lowest BCUT2D eigenvalue weighted by molar-refractivity contribution is -0.143. The van der Waals surface area contributed by atoms with E-state index in [1.165, 1.54) is 17.0 Å². The number of hydrogen-bond acceptors (Lipinski definition) is 2. The molecule has 114 valence electrons. The maximum Gasteiger partial charge on any atom is 0.417 e. The Morgan fingerprint density at radius 3 is 2.52 bits per heavy atom. The van der Waals surface area contributed by atoms with Crippen LogP contribution in [0.15, 0.2) is 24.3 Å². The molecule has 0 radical (unpaired) electrons. The van der Waals surface area contributed by atoms with Crippen molar-refractivity contribution in [3.8, 4) is 0 Å². The predicted octanol–water partition coefficient (Wildman–Crippen LogP) is 2.64. The maximum absolute atomic E-state index is 12.9. The molecule has 1 amide bonds. The Labute approximate surface area is 119 Å². The van der Waals surface area contributed by atoms with Gasteiger partial charge in [0.2, 0.25) is 0 Å². The zero-order chi connectivity index (χ0) is 15.6. The second-order valence-corrected chi connectivity index (χ2v) is 4.97. The first-order chi connectivity index (χ1) is 9.80. The fourth-order valence-electron chi connectivity index (χ4n) is 2.45. The van der Waals surface area contributed by atoms with Gasteiger partial charge in [-0.2, -0.15) is 13.2 Å². The lowest BCUT2D eigenvalue weighted by Crippen LogP contribution is -2.42. The molecule has 1 heterocycles. The van der Waals surface area contributed by atoms with E-state index in [2.05, 4.69) is 0 Å². The van der Waals surface area contributed by atoms with Crippen molar-refractivity contribution in [2.75, 3.05) is 13.1 Å². The third-order valence-corrected chi connectivity index (χ3v) is 3.52. The second kappa shape index (κ2) is 5.75. The summed E-state index contributed by atoms with van der Waals surface area (Å²) < 4.78 is 38.7. The first-order valence-corrected chi connectivity index (χ1v) is 6.49. The highest BCUT2D eigenvalue weighted by molar-refractivity contribution is 5.96. The molecule has 21 heavy (non-hydrogen) atoms. The quantitative estimate of drug-likeness (QED) is 0.913. The fraction of sp³-hybridized carbons (Fsp3) is 0.429. The number of nitrogens with zero attached hydrogens (tertiary/aromatic N) is 1. The zero-order valence-electron chi connectivity index (χ0n) is 11.1. The number of carbonyl (C=O) groups excluding carboxylic acids is 1. The average Bonchev–Trinajstić information content (AvgIpc) is 2.45. The molecule has 1 aliphatic heterocycles. The largest absolute Gasteiger partial charge is 0.481 e. The lowest BCUT2D eigenvalue weighted by atomic mass is 9.97. The highest BCUT2D eigenvalue weighted by Crippen LogP contribution is 2.33. The van der Waals surface area contributed by atoms with Crippen molar-refractivity contribution in [3.05, 3.63) is 35.4 Å². The van der Waals surface area contributed by atoms with Crippen LogP contribution >= 0.6 is 0 Å². The van der Waals surface area contributed by atoms with Crippen molar-refractivity contribution < 1.29 is 27.9 Å². The van der Waals surface area contributed by atoms with Gasteiger partial charge in [0.25, 0.3) is 5.91 Å². The van der Waals surface area contributed by atoms with Crippen LogP contribution in [0.3, 0.4) is 0 Å². The number of carbonyl (C=O) groups is 2. The number of rotatable bonds is 2. The molecule has 1 fully saturated rings. The van der Waals surface area contributed by atoms with Gasteiger partial charge in [-0.25, -0.2) is 0 Å². The third-order valence-electron chi connectivity index (χ3n) is 3.52. The number of halogens is 3. The Bertz CT molecular complexity index is 557. The Morgan fingerprint density at radius 1 is 1.24 bits per heavy atom. The van der Waals surface area contributed by atoms with E-state index in [9.17, 15) is 22.8 Å². The summed E-state index contributed by atoms with van der Waals surface area (Å²) in [6, 6.07) is 4.55. The Morgan fingerprint density at radius 2 is 1.90 bits per heavy atom. The lowest BCUT2D eigenvalue weighted by Gasteiger charge is -2.31. The molecule has 0 unspecified atom stereocenters. The summed E-state index contributed by atoms with van der Waals surface area (Å²) in [4.78, 5) is 24.4. The number of hydrogen-bond donors (Lipinski definition) is 1. The average molecular weight is 301 g/mol. The summed E-state index contributed by atoms with van der Waals surface area (Å²) in [5.74, 6) is -2.52. The molecule has 0 aromatic heterocycles. The third kappa shape index (κ3) is 3.34. The Hall–Kier alpha value is -2.05. The van der Waals surface area contributed by atoms with E-state index in [4.69, 9.17) is 5.11 Å². The van der Waals surface area contributed by atoms with Gasteiger partial charge in [-0.05, 0) is 25.0 Å². The minimum Gasteiger partial charge on any atom is -0.481 e. The van der Waals surface area contributed by atoms with Crippen LogP contribution in [0.25, 0.3) is 0 Å². The highest BCUT2D eigenvalue weighted by atomic mass is 19.4. The molecule has 2 rings (SSSR count). The maximum atomic E-state index is 12.9. The number of benzene rings is 1. The SMILES string of the molecule is O=C(O)[C@H]1CCCN(C(=O)c2ccccc2C(F)(F)F)C1. The summed E-state index contributed by atoms with van der Waals surface area (Å²) in [6.45, 7) is 0.217. The van der Waals surface area contributed by atoms with Crippen LogP contribution in [-0.2, 0) is 11.0 Å². The van der Waals surface area contributed by atoms with Crippen molar-refractivity contribution in [2.24, 2.45) is 5.92 Å². The normalized spacial score (nSPS) is 19.4. The minimum absolute atomic E-state index is 0.0552. The van der Waals surface area contributed by atoms with Crippen molar-refractivity contribution in [3.63, 3.8) is 0 Å². The predicted molar refractivity (Wildman–Crippen MR) is 67.7 cm³/mol. The number of aliphatic carboxylic acids is 1. The molecule has 4 nitrogen and oxygen atoms in total. The standard InChI is InChI=1S/C14H14F3NO3/c15-14(16,17)11-6-2-1-5-10(11)12(19)18-7-3-4-9(8-18)13(20)21/h1-2,5-6,9H,3-4,7-8H2,(H,20,21)/t9-/m0/s1. The number of alkyl halides is 3. The van der Waals surface area contributed by atoms with Crippen LogP contribution in [0, 0.1) is 5.92 Å². The van der Waals surface area contributed by atoms with E-state index in [1.807, 2.05) is 0 Å². The van der Waals surface area contributed by atoms with Gasteiger partial charge in [0.1, 0.15) is 0 Å². The van der Waals surface area contributed by atoms with E-state index >= 15 is 0 Å². The smallest absolute Gasteiger partial charge is 0.417 e. The number of piperidine rings is 1. The molecule has 7 heteroatoms. The van der Waals surface area contributed by atoms with Crippen LogP contribution < -0.4 is 0 Å². The molecule has 0 bridgehead atoms. The van der Waals surface area contributed by atoms with Crippen molar-refractivity contribution in [1.82, 2.24) is 4.90 Å². The number of carboxylic acids is 1. The van der Waals surface area contributed by atoms with Crippen LogP contribution in [-0.4, -0.2) is 35.0 Å². The van der Waals surface area contributed by atoms with Gasteiger partial charge in [0.05, 0.1) is 17.0 Å². The van der Waals surface area contributed by atoms with Gasteiger partial charge in [-0.3, -0.25) is 9.59 Å². The van der Waals surface area contributed by atoms with Crippen molar-refractivity contribution in [2.45, 2.75) is 19.0 Å². The first-order valence-electron chi connectivity index (χ1n) is 6.49. The second-order valence-electron chi connectivity index (χ2n) is 4.97. The van der Waals surface area contributed by atoms with E-state index in [0.29, 0.717) is 12.8 Å². The van der Waals surface area contributed by atoms with Gasteiger partial charge in [0, 0.05) is 13.1 Å². The Kier molecular flexibility index (Phi) is 4.20. The van der Waals surface area contributed by atoms with Crippen molar-refractivity contribution >= 4 is 11.9 Å². The van der Waals surface area contributed by atoms with Gasteiger partial charge in [0.15, 0.2) is 0 Å².